The number of hydrogen-bond donors (Lipinski definition) is 1. The number of aryl methyl sites for hydroxylation is 2. The Morgan fingerprint density at radius 3 is 2.89 bits per heavy atom. The summed E-state index contributed by atoms with van der Waals surface area (Å²) in [5.41, 5.74) is 1.53. The summed E-state index contributed by atoms with van der Waals surface area (Å²) >= 11 is 0. The first kappa shape index (κ1) is 13.7. The van der Waals surface area contributed by atoms with E-state index in [1.165, 1.54) is 12.1 Å². The Morgan fingerprint density at radius 1 is 1.42 bits per heavy atom. The monoisotopic (exact) mass is 262 g/mol. The molecule has 0 spiro atoms. The largest absolute Gasteiger partial charge is 0.387 e. The zero-order chi connectivity index (χ0) is 13.8. The van der Waals surface area contributed by atoms with Gasteiger partial charge in [-0.1, -0.05) is 13.0 Å². The molecule has 0 radical (unpaired) electrons. The van der Waals surface area contributed by atoms with Gasteiger partial charge in [0, 0.05) is 18.8 Å². The molecule has 0 saturated carbocycles. The maximum atomic E-state index is 13.1. The van der Waals surface area contributed by atoms with E-state index in [2.05, 4.69) is 11.9 Å². The smallest absolute Gasteiger partial charge is 0.123 e. The molecule has 0 fully saturated rings. The van der Waals surface area contributed by atoms with E-state index in [-0.39, 0.29) is 5.82 Å². The van der Waals surface area contributed by atoms with Crippen LogP contribution in [-0.2, 0) is 13.0 Å². The Bertz CT molecular complexity index is 551. The molecule has 0 aliphatic carbocycles. The normalized spacial score (nSPS) is 12.6. The molecule has 1 atom stereocenters. The van der Waals surface area contributed by atoms with Crippen LogP contribution in [0.25, 0.3) is 0 Å². The van der Waals surface area contributed by atoms with Gasteiger partial charge < -0.3 is 9.67 Å². The minimum absolute atomic E-state index is 0.275. The van der Waals surface area contributed by atoms with Gasteiger partial charge in [0.2, 0.25) is 0 Å². The molecular formula is C15H19FN2O. The van der Waals surface area contributed by atoms with E-state index in [0.717, 1.165) is 29.8 Å². The third-order valence-corrected chi connectivity index (χ3v) is 3.24. The van der Waals surface area contributed by atoms with Crippen LogP contribution in [0.5, 0.6) is 0 Å². The average Bonchev–Trinajstić information content (AvgIpc) is 2.77. The molecule has 102 valence electrons. The van der Waals surface area contributed by atoms with Crippen LogP contribution < -0.4 is 0 Å². The lowest BCUT2D eigenvalue weighted by Gasteiger charge is -2.16. The predicted molar refractivity (Wildman–Crippen MR) is 72.3 cm³/mol. The van der Waals surface area contributed by atoms with E-state index in [1.807, 2.05) is 17.7 Å². The van der Waals surface area contributed by atoms with Crippen LogP contribution in [0.4, 0.5) is 4.39 Å². The molecule has 0 aliphatic heterocycles. The highest BCUT2D eigenvalue weighted by atomic mass is 19.1. The quantitative estimate of drug-likeness (QED) is 0.899. The number of hydrogen-bond acceptors (Lipinski definition) is 2. The molecule has 3 nitrogen and oxygen atoms in total. The number of aliphatic hydroxyl groups excluding tert-OH is 1. The van der Waals surface area contributed by atoms with Gasteiger partial charge in [0.05, 0.1) is 12.6 Å². The molecule has 1 aromatic heterocycles. The molecule has 0 saturated heterocycles. The van der Waals surface area contributed by atoms with Crippen molar-refractivity contribution in [1.82, 2.24) is 9.55 Å². The summed E-state index contributed by atoms with van der Waals surface area (Å²) in [7, 11) is 0. The number of imidazole rings is 1. The van der Waals surface area contributed by atoms with Crippen LogP contribution in [0.1, 0.15) is 36.4 Å². The Morgan fingerprint density at radius 2 is 2.21 bits per heavy atom. The van der Waals surface area contributed by atoms with Crippen molar-refractivity contribution in [2.75, 3.05) is 0 Å². The van der Waals surface area contributed by atoms with Gasteiger partial charge in [-0.2, -0.15) is 0 Å². The van der Waals surface area contributed by atoms with E-state index in [1.54, 1.807) is 12.3 Å². The van der Waals surface area contributed by atoms with Crippen LogP contribution in [-0.4, -0.2) is 14.7 Å². The summed E-state index contributed by atoms with van der Waals surface area (Å²) in [5, 5.41) is 10.3. The molecular weight excluding hydrogens is 243 g/mol. The summed E-state index contributed by atoms with van der Waals surface area (Å²) in [6, 6.07) is 4.47. The van der Waals surface area contributed by atoms with Crippen molar-refractivity contribution in [2.24, 2.45) is 0 Å². The minimum Gasteiger partial charge on any atom is -0.387 e. The SMILES string of the molecule is CCCc1nccn1CC(O)c1ccc(F)cc1C. The summed E-state index contributed by atoms with van der Waals surface area (Å²) in [5.74, 6) is 0.698. The van der Waals surface area contributed by atoms with Crippen molar-refractivity contribution in [3.05, 3.63) is 53.4 Å². The van der Waals surface area contributed by atoms with Gasteiger partial charge in [-0.3, -0.25) is 0 Å². The fourth-order valence-electron chi connectivity index (χ4n) is 2.26. The molecule has 4 heteroatoms. The predicted octanol–water partition coefficient (Wildman–Crippen LogP) is 3.02. The van der Waals surface area contributed by atoms with Crippen LogP contribution >= 0.6 is 0 Å². The molecule has 0 aliphatic rings. The van der Waals surface area contributed by atoms with Gasteiger partial charge in [-0.15, -0.1) is 0 Å². The van der Waals surface area contributed by atoms with Crippen LogP contribution in [0.15, 0.2) is 30.6 Å². The summed E-state index contributed by atoms with van der Waals surface area (Å²) in [6.07, 6.45) is 4.87. The third-order valence-electron chi connectivity index (χ3n) is 3.24. The first-order valence-electron chi connectivity index (χ1n) is 6.56. The molecule has 1 unspecified atom stereocenters. The Kier molecular flexibility index (Phi) is 4.32. The van der Waals surface area contributed by atoms with E-state index >= 15 is 0 Å². The fraction of sp³-hybridized carbons (Fsp3) is 0.400. The topological polar surface area (TPSA) is 38.0 Å². The third kappa shape index (κ3) is 3.20. The van der Waals surface area contributed by atoms with E-state index in [4.69, 9.17) is 0 Å². The molecule has 1 aromatic carbocycles. The maximum absolute atomic E-state index is 13.1. The first-order valence-corrected chi connectivity index (χ1v) is 6.56. The molecule has 0 amide bonds. The second-order valence-corrected chi connectivity index (χ2v) is 4.76. The van der Waals surface area contributed by atoms with E-state index in [0.29, 0.717) is 6.54 Å². The van der Waals surface area contributed by atoms with E-state index in [9.17, 15) is 9.50 Å². The van der Waals surface area contributed by atoms with Gasteiger partial charge in [0.25, 0.3) is 0 Å². The lowest BCUT2D eigenvalue weighted by molar-refractivity contribution is 0.154. The Labute approximate surface area is 112 Å². The van der Waals surface area contributed by atoms with Gasteiger partial charge >= 0.3 is 0 Å². The van der Waals surface area contributed by atoms with Crippen molar-refractivity contribution in [3.8, 4) is 0 Å². The van der Waals surface area contributed by atoms with Crippen molar-refractivity contribution in [3.63, 3.8) is 0 Å². The van der Waals surface area contributed by atoms with Crippen molar-refractivity contribution in [2.45, 2.75) is 39.3 Å². The molecule has 0 bridgehead atoms. The van der Waals surface area contributed by atoms with Gasteiger partial charge in [0.1, 0.15) is 11.6 Å². The summed E-state index contributed by atoms with van der Waals surface area (Å²) in [4.78, 5) is 4.28. The Hall–Kier alpha value is -1.68. The maximum Gasteiger partial charge on any atom is 0.123 e. The number of aromatic nitrogens is 2. The number of aliphatic hydroxyl groups is 1. The molecule has 2 rings (SSSR count). The van der Waals surface area contributed by atoms with Crippen molar-refractivity contribution >= 4 is 0 Å². The number of benzene rings is 1. The van der Waals surface area contributed by atoms with Gasteiger partial charge in [-0.05, 0) is 36.6 Å². The zero-order valence-electron chi connectivity index (χ0n) is 11.3. The standard InChI is InChI=1S/C15H19FN2O/c1-3-4-15-17-7-8-18(15)10-14(19)13-6-5-12(16)9-11(13)2/h5-9,14,19H,3-4,10H2,1-2H3. The van der Waals surface area contributed by atoms with Crippen molar-refractivity contribution in [1.29, 1.82) is 0 Å². The molecule has 1 N–H and O–H groups in total. The van der Waals surface area contributed by atoms with Crippen LogP contribution in [0.2, 0.25) is 0 Å². The molecule has 2 aromatic rings. The zero-order valence-corrected chi connectivity index (χ0v) is 11.3. The Balaban J connectivity index is 2.16. The van der Waals surface area contributed by atoms with Crippen molar-refractivity contribution < 1.29 is 9.50 Å². The van der Waals surface area contributed by atoms with Gasteiger partial charge in [0.15, 0.2) is 0 Å². The fourth-order valence-corrected chi connectivity index (χ4v) is 2.26. The number of halogens is 1. The highest BCUT2D eigenvalue weighted by Gasteiger charge is 2.13. The van der Waals surface area contributed by atoms with E-state index < -0.39 is 6.10 Å². The second kappa shape index (κ2) is 5.97. The molecule has 19 heavy (non-hydrogen) atoms. The van der Waals surface area contributed by atoms with Crippen LogP contribution in [0.3, 0.4) is 0 Å². The summed E-state index contributed by atoms with van der Waals surface area (Å²) in [6.45, 7) is 4.35. The number of rotatable bonds is 5. The highest BCUT2D eigenvalue weighted by Crippen LogP contribution is 2.21. The van der Waals surface area contributed by atoms with Gasteiger partial charge in [-0.25, -0.2) is 9.37 Å². The van der Waals surface area contributed by atoms with Crippen LogP contribution in [0, 0.1) is 12.7 Å². The summed E-state index contributed by atoms with van der Waals surface area (Å²) < 4.78 is 15.0. The second-order valence-electron chi connectivity index (χ2n) is 4.76. The molecule has 1 heterocycles. The number of nitrogens with zero attached hydrogens (tertiary/aromatic N) is 2. The first-order chi connectivity index (χ1) is 9.11. The lowest BCUT2D eigenvalue weighted by Crippen LogP contribution is -2.12. The highest BCUT2D eigenvalue weighted by molar-refractivity contribution is 5.28. The minimum atomic E-state index is -0.648. The lowest BCUT2D eigenvalue weighted by atomic mass is 10.0. The average molecular weight is 262 g/mol.